The van der Waals surface area contributed by atoms with Gasteiger partial charge in [0, 0.05) is 23.9 Å². The Kier molecular flexibility index (Phi) is 6.23. The Morgan fingerprint density at radius 3 is 2.62 bits per heavy atom. The number of hydrogen-bond acceptors (Lipinski definition) is 4. The molecule has 32 heavy (non-hydrogen) atoms. The van der Waals surface area contributed by atoms with Gasteiger partial charge in [-0.3, -0.25) is 9.20 Å². The molecule has 1 saturated heterocycles. The number of rotatable bonds is 6. The van der Waals surface area contributed by atoms with Crippen molar-refractivity contribution in [2.45, 2.75) is 39.0 Å². The van der Waals surface area contributed by atoms with Crippen molar-refractivity contribution in [3.05, 3.63) is 59.8 Å². The summed E-state index contributed by atoms with van der Waals surface area (Å²) in [5.41, 5.74) is 5.15. The number of likely N-dealkylation sites (tertiary alicyclic amines) is 1. The summed E-state index contributed by atoms with van der Waals surface area (Å²) in [6.45, 7) is 6.30. The van der Waals surface area contributed by atoms with Gasteiger partial charge in [-0.05, 0) is 64.0 Å². The molecule has 0 bridgehead atoms. The molecular formula is C26H30N4OS. The molecule has 0 aliphatic carbocycles. The lowest BCUT2D eigenvalue weighted by Gasteiger charge is -2.19. The Balaban J connectivity index is 1.24. The van der Waals surface area contributed by atoms with Gasteiger partial charge in [-0.1, -0.05) is 54.0 Å². The summed E-state index contributed by atoms with van der Waals surface area (Å²) in [6.07, 6.45) is 8.42. The van der Waals surface area contributed by atoms with Crippen LogP contribution in [0.1, 0.15) is 48.0 Å². The van der Waals surface area contributed by atoms with Crippen molar-refractivity contribution < 1.29 is 4.79 Å². The van der Waals surface area contributed by atoms with Crippen LogP contribution in [0, 0.1) is 6.92 Å². The molecule has 5 rings (SSSR count). The molecular weight excluding hydrogens is 416 g/mol. The van der Waals surface area contributed by atoms with Gasteiger partial charge in [0.15, 0.2) is 4.96 Å². The zero-order valence-corrected chi connectivity index (χ0v) is 19.5. The smallest absolute Gasteiger partial charge is 0.251 e. The summed E-state index contributed by atoms with van der Waals surface area (Å²) in [6, 6.07) is 14.4. The van der Waals surface area contributed by atoms with Gasteiger partial charge in [-0.25, -0.2) is 4.98 Å². The molecule has 5 nitrogen and oxygen atoms in total. The summed E-state index contributed by atoms with van der Waals surface area (Å²) in [5, 5.41) is 3.10. The van der Waals surface area contributed by atoms with E-state index in [-0.39, 0.29) is 5.91 Å². The number of benzene rings is 2. The van der Waals surface area contributed by atoms with E-state index in [0.29, 0.717) is 0 Å². The number of aryl methyl sites for hydroxylation is 1. The lowest BCUT2D eigenvalue weighted by Crippen LogP contribution is -2.30. The Morgan fingerprint density at radius 1 is 1.06 bits per heavy atom. The summed E-state index contributed by atoms with van der Waals surface area (Å²) in [5.74, 6) is 0.00847. The van der Waals surface area contributed by atoms with Crippen LogP contribution in [-0.2, 0) is 0 Å². The number of fused-ring (bicyclic) bond motifs is 3. The minimum atomic E-state index is 0.00847. The van der Waals surface area contributed by atoms with Gasteiger partial charge in [-0.2, -0.15) is 0 Å². The normalized spacial score (nSPS) is 15.3. The minimum Gasteiger partial charge on any atom is -0.352 e. The summed E-state index contributed by atoms with van der Waals surface area (Å²) in [7, 11) is 0. The lowest BCUT2D eigenvalue weighted by atomic mass is 10.1. The Labute approximate surface area is 193 Å². The first kappa shape index (κ1) is 21.2. The van der Waals surface area contributed by atoms with Crippen LogP contribution >= 0.6 is 11.3 Å². The molecule has 1 N–H and O–H groups in total. The van der Waals surface area contributed by atoms with Gasteiger partial charge in [0.05, 0.1) is 15.9 Å². The zero-order chi connectivity index (χ0) is 21.9. The van der Waals surface area contributed by atoms with Crippen LogP contribution in [0.4, 0.5) is 0 Å². The first-order chi connectivity index (χ1) is 15.7. The predicted octanol–water partition coefficient (Wildman–Crippen LogP) is 5.52. The van der Waals surface area contributed by atoms with Crippen LogP contribution in [0.3, 0.4) is 0 Å². The van der Waals surface area contributed by atoms with E-state index in [1.165, 1.54) is 44.3 Å². The maximum Gasteiger partial charge on any atom is 0.251 e. The van der Waals surface area contributed by atoms with E-state index in [4.69, 9.17) is 4.98 Å². The molecule has 0 unspecified atom stereocenters. The number of amides is 1. The SMILES string of the molecule is Cc1ccc(-c2cn3c(n2)sc2cc(C(=O)NCCCN4CCCCCC4)ccc23)cc1. The Hall–Kier alpha value is -2.70. The molecule has 166 valence electrons. The van der Waals surface area contributed by atoms with Gasteiger partial charge >= 0.3 is 0 Å². The molecule has 2 aromatic heterocycles. The van der Waals surface area contributed by atoms with Crippen molar-refractivity contribution >= 4 is 32.4 Å². The molecule has 1 aliphatic heterocycles. The highest BCUT2D eigenvalue weighted by atomic mass is 32.1. The molecule has 1 amide bonds. The number of imidazole rings is 1. The van der Waals surface area contributed by atoms with E-state index in [2.05, 4.69) is 52.0 Å². The van der Waals surface area contributed by atoms with E-state index in [9.17, 15) is 4.79 Å². The van der Waals surface area contributed by atoms with Crippen molar-refractivity contribution in [1.82, 2.24) is 19.6 Å². The fourth-order valence-corrected chi connectivity index (χ4v) is 5.52. The maximum atomic E-state index is 12.7. The highest BCUT2D eigenvalue weighted by Gasteiger charge is 2.13. The van der Waals surface area contributed by atoms with Crippen LogP contribution in [0.15, 0.2) is 48.7 Å². The van der Waals surface area contributed by atoms with Crippen molar-refractivity contribution in [2.24, 2.45) is 0 Å². The molecule has 2 aromatic carbocycles. The van der Waals surface area contributed by atoms with Crippen LogP contribution in [0.5, 0.6) is 0 Å². The minimum absolute atomic E-state index is 0.00847. The third-order valence-electron chi connectivity index (χ3n) is 6.34. The van der Waals surface area contributed by atoms with E-state index in [1.54, 1.807) is 11.3 Å². The summed E-state index contributed by atoms with van der Waals surface area (Å²) >= 11 is 1.63. The fourth-order valence-electron chi connectivity index (χ4n) is 4.47. The number of carbonyl (C=O) groups is 1. The van der Waals surface area contributed by atoms with Gasteiger partial charge in [0.1, 0.15) is 0 Å². The summed E-state index contributed by atoms with van der Waals surface area (Å²) < 4.78 is 3.21. The summed E-state index contributed by atoms with van der Waals surface area (Å²) in [4.78, 5) is 21.0. The van der Waals surface area contributed by atoms with E-state index >= 15 is 0 Å². The van der Waals surface area contributed by atoms with E-state index < -0.39 is 0 Å². The molecule has 1 fully saturated rings. The van der Waals surface area contributed by atoms with Gasteiger partial charge in [0.25, 0.3) is 5.91 Å². The third-order valence-corrected chi connectivity index (χ3v) is 7.36. The van der Waals surface area contributed by atoms with Crippen LogP contribution in [0.25, 0.3) is 26.4 Å². The quantitative estimate of drug-likeness (QED) is 0.397. The highest BCUT2D eigenvalue weighted by Crippen LogP contribution is 2.30. The van der Waals surface area contributed by atoms with Gasteiger partial charge in [-0.15, -0.1) is 0 Å². The monoisotopic (exact) mass is 446 g/mol. The molecule has 0 radical (unpaired) electrons. The molecule has 0 spiro atoms. The van der Waals surface area contributed by atoms with Crippen molar-refractivity contribution in [1.29, 1.82) is 0 Å². The topological polar surface area (TPSA) is 49.6 Å². The van der Waals surface area contributed by atoms with Crippen molar-refractivity contribution in [2.75, 3.05) is 26.2 Å². The number of nitrogens with one attached hydrogen (secondary N) is 1. The van der Waals surface area contributed by atoms with Crippen molar-refractivity contribution in [3.8, 4) is 11.3 Å². The third kappa shape index (κ3) is 4.57. The van der Waals surface area contributed by atoms with Crippen molar-refractivity contribution in [3.63, 3.8) is 0 Å². The van der Waals surface area contributed by atoms with Crippen LogP contribution in [0.2, 0.25) is 0 Å². The van der Waals surface area contributed by atoms with E-state index in [0.717, 1.165) is 51.5 Å². The second-order valence-corrected chi connectivity index (χ2v) is 9.80. The fraction of sp³-hybridized carbons (Fsp3) is 0.385. The first-order valence-electron chi connectivity index (χ1n) is 11.7. The second kappa shape index (κ2) is 9.43. The standard InChI is InChI=1S/C26H30N4OS/c1-19-7-9-20(10-8-19)22-18-30-23-12-11-21(17-24(23)32-26(30)28-22)25(31)27-13-6-16-29-14-4-2-3-5-15-29/h7-12,17-18H,2-6,13-16H2,1H3,(H,27,31). The Morgan fingerprint density at radius 2 is 1.84 bits per heavy atom. The van der Waals surface area contributed by atoms with Gasteiger partial charge < -0.3 is 10.2 Å². The zero-order valence-electron chi connectivity index (χ0n) is 18.6. The van der Waals surface area contributed by atoms with Gasteiger partial charge in [0.2, 0.25) is 0 Å². The predicted molar refractivity (Wildman–Crippen MR) is 133 cm³/mol. The number of carbonyl (C=O) groups excluding carboxylic acids is 1. The highest BCUT2D eigenvalue weighted by molar-refractivity contribution is 7.23. The first-order valence-corrected chi connectivity index (χ1v) is 12.5. The number of nitrogens with zero attached hydrogens (tertiary/aromatic N) is 3. The number of aromatic nitrogens is 2. The largest absolute Gasteiger partial charge is 0.352 e. The average molecular weight is 447 g/mol. The molecule has 6 heteroatoms. The maximum absolute atomic E-state index is 12.7. The van der Waals surface area contributed by atoms with Crippen LogP contribution < -0.4 is 5.32 Å². The molecule has 3 heterocycles. The van der Waals surface area contributed by atoms with Crippen LogP contribution in [-0.4, -0.2) is 46.4 Å². The number of thiazole rings is 1. The van der Waals surface area contributed by atoms with E-state index in [1.807, 2.05) is 18.2 Å². The molecule has 0 saturated carbocycles. The second-order valence-electron chi connectivity index (χ2n) is 8.79. The molecule has 4 aromatic rings. The molecule has 1 aliphatic rings. The average Bonchev–Trinajstić information content (AvgIpc) is 3.24. The Bertz CT molecular complexity index is 1220. The lowest BCUT2D eigenvalue weighted by molar-refractivity contribution is 0.0952. The molecule has 0 atom stereocenters. The number of hydrogen-bond donors (Lipinski definition) is 1.